The van der Waals surface area contributed by atoms with E-state index in [2.05, 4.69) is 0 Å². The van der Waals surface area contributed by atoms with Crippen molar-refractivity contribution in [3.63, 3.8) is 0 Å². The highest BCUT2D eigenvalue weighted by Crippen LogP contribution is 2.18. The Morgan fingerprint density at radius 3 is 3.07 bits per heavy atom. The zero-order valence-corrected chi connectivity index (χ0v) is 8.71. The Bertz CT molecular complexity index is 328. The molecule has 0 aliphatic carbocycles. The van der Waals surface area contributed by atoms with Gasteiger partial charge in [-0.2, -0.15) is 0 Å². The van der Waals surface area contributed by atoms with Crippen LogP contribution in [0.1, 0.15) is 16.7 Å². The third kappa shape index (κ3) is 3.72. The topological polar surface area (TPSA) is 46.5 Å². The van der Waals surface area contributed by atoms with Crippen LogP contribution < -0.4 is 0 Å². The molecule has 4 heteroatoms. The van der Waals surface area contributed by atoms with Crippen LogP contribution in [0.15, 0.2) is 18.2 Å². The van der Waals surface area contributed by atoms with Gasteiger partial charge in [0.05, 0.1) is 6.61 Å². The summed E-state index contributed by atoms with van der Waals surface area (Å²) < 4.78 is 5.23. The van der Waals surface area contributed by atoms with Crippen molar-refractivity contribution in [2.75, 3.05) is 6.61 Å². The number of hydrogen-bond acceptors (Lipinski definition) is 3. The summed E-state index contributed by atoms with van der Waals surface area (Å²) in [6.07, 6.45) is 2.72. The van der Waals surface area contributed by atoms with E-state index in [1.54, 1.807) is 6.08 Å². The number of ether oxygens (including phenoxy) is 1. The number of carboxylic acids is 1. The van der Waals surface area contributed by atoms with Gasteiger partial charge in [0, 0.05) is 22.4 Å². The Labute approximate surface area is 86.6 Å². The normalized spacial score (nSPS) is 10.9. The van der Waals surface area contributed by atoms with Crippen LogP contribution in [0.25, 0.3) is 6.08 Å². The molecule has 1 N–H and O–H groups in total. The Hall–Kier alpha value is -1.13. The van der Waals surface area contributed by atoms with Crippen molar-refractivity contribution in [2.45, 2.75) is 13.5 Å². The molecule has 3 nitrogen and oxygen atoms in total. The molecule has 1 rings (SSSR count). The molecule has 0 spiro atoms. The van der Waals surface area contributed by atoms with Crippen molar-refractivity contribution >= 4 is 23.4 Å². The zero-order chi connectivity index (χ0) is 10.4. The molecule has 0 aromatic carbocycles. The van der Waals surface area contributed by atoms with Gasteiger partial charge in [0.1, 0.15) is 0 Å². The summed E-state index contributed by atoms with van der Waals surface area (Å²) in [6.45, 7) is 3.24. The van der Waals surface area contributed by atoms with Gasteiger partial charge in [-0.1, -0.05) is 0 Å². The average Bonchev–Trinajstić information content (AvgIpc) is 2.59. The molecule has 0 aliphatic rings. The maximum atomic E-state index is 10.2. The number of thiophene rings is 1. The molecule has 1 aromatic rings. The fourth-order valence-corrected chi connectivity index (χ4v) is 1.77. The summed E-state index contributed by atoms with van der Waals surface area (Å²) in [6, 6.07) is 3.83. The molecular formula is C10H12O3S. The van der Waals surface area contributed by atoms with Crippen molar-refractivity contribution in [1.82, 2.24) is 0 Å². The molecule has 0 unspecified atom stereocenters. The lowest BCUT2D eigenvalue weighted by atomic mass is 10.4. The summed E-state index contributed by atoms with van der Waals surface area (Å²) in [5.74, 6) is -0.926. The highest BCUT2D eigenvalue weighted by molar-refractivity contribution is 7.12. The molecule has 0 bridgehead atoms. The molecule has 0 radical (unpaired) electrons. The first kappa shape index (κ1) is 10.9. The Morgan fingerprint density at radius 1 is 1.64 bits per heavy atom. The van der Waals surface area contributed by atoms with Gasteiger partial charge in [-0.15, -0.1) is 11.3 Å². The van der Waals surface area contributed by atoms with Crippen LogP contribution in [0.3, 0.4) is 0 Å². The average molecular weight is 212 g/mol. The van der Waals surface area contributed by atoms with Crippen LogP contribution in [0, 0.1) is 0 Å². The lowest BCUT2D eigenvalue weighted by molar-refractivity contribution is -0.131. The van der Waals surface area contributed by atoms with E-state index in [0.717, 1.165) is 15.8 Å². The van der Waals surface area contributed by atoms with Crippen molar-refractivity contribution < 1.29 is 14.6 Å². The monoisotopic (exact) mass is 212 g/mol. The van der Waals surface area contributed by atoms with E-state index in [-0.39, 0.29) is 0 Å². The maximum absolute atomic E-state index is 10.2. The summed E-state index contributed by atoms with van der Waals surface area (Å²) in [5, 5.41) is 8.42. The highest BCUT2D eigenvalue weighted by Gasteiger charge is 1.97. The summed E-state index contributed by atoms with van der Waals surface area (Å²) >= 11 is 1.54. The Balaban J connectivity index is 2.54. The van der Waals surface area contributed by atoms with Gasteiger partial charge in [0.15, 0.2) is 0 Å². The van der Waals surface area contributed by atoms with Crippen molar-refractivity contribution in [3.8, 4) is 0 Å². The fourth-order valence-electron chi connectivity index (χ4n) is 0.918. The summed E-state index contributed by atoms with van der Waals surface area (Å²) in [7, 11) is 0. The Morgan fingerprint density at radius 2 is 2.43 bits per heavy atom. The number of hydrogen-bond donors (Lipinski definition) is 1. The van der Waals surface area contributed by atoms with Crippen LogP contribution in [0.5, 0.6) is 0 Å². The lowest BCUT2D eigenvalue weighted by Crippen LogP contribution is -1.87. The second-order valence-electron chi connectivity index (χ2n) is 2.61. The first-order valence-corrected chi connectivity index (χ1v) is 5.11. The minimum Gasteiger partial charge on any atom is -0.478 e. The molecular weight excluding hydrogens is 200 g/mol. The zero-order valence-electron chi connectivity index (χ0n) is 7.90. The summed E-state index contributed by atoms with van der Waals surface area (Å²) in [5.41, 5.74) is 0. The third-order valence-corrected chi connectivity index (χ3v) is 2.55. The molecule has 76 valence electrons. The van der Waals surface area contributed by atoms with Gasteiger partial charge in [-0.25, -0.2) is 4.79 Å². The molecule has 0 saturated carbocycles. The minimum absolute atomic E-state index is 0.599. The van der Waals surface area contributed by atoms with E-state index in [1.165, 1.54) is 11.3 Å². The van der Waals surface area contributed by atoms with E-state index in [9.17, 15) is 4.79 Å². The maximum Gasteiger partial charge on any atom is 0.328 e. The van der Waals surface area contributed by atoms with Crippen LogP contribution in [-0.2, 0) is 16.1 Å². The van der Waals surface area contributed by atoms with E-state index >= 15 is 0 Å². The molecule has 0 amide bonds. The van der Waals surface area contributed by atoms with Crippen LogP contribution >= 0.6 is 11.3 Å². The molecule has 1 aromatic heterocycles. The first-order valence-electron chi connectivity index (χ1n) is 4.30. The van der Waals surface area contributed by atoms with E-state index in [1.807, 2.05) is 19.1 Å². The first-order chi connectivity index (χ1) is 6.72. The molecule has 0 fully saturated rings. The molecule has 14 heavy (non-hydrogen) atoms. The van der Waals surface area contributed by atoms with E-state index in [0.29, 0.717) is 13.2 Å². The summed E-state index contributed by atoms with van der Waals surface area (Å²) in [4.78, 5) is 12.3. The van der Waals surface area contributed by atoms with Gasteiger partial charge >= 0.3 is 5.97 Å². The number of rotatable bonds is 5. The van der Waals surface area contributed by atoms with Crippen LogP contribution in [0.2, 0.25) is 0 Å². The highest BCUT2D eigenvalue weighted by atomic mass is 32.1. The van der Waals surface area contributed by atoms with Gasteiger partial charge in [0.2, 0.25) is 0 Å². The van der Waals surface area contributed by atoms with E-state index < -0.39 is 5.97 Å². The second kappa shape index (κ2) is 5.57. The van der Waals surface area contributed by atoms with Gasteiger partial charge in [-0.05, 0) is 25.1 Å². The van der Waals surface area contributed by atoms with Gasteiger partial charge < -0.3 is 9.84 Å². The van der Waals surface area contributed by atoms with E-state index in [4.69, 9.17) is 9.84 Å². The molecule has 0 aliphatic heterocycles. The largest absolute Gasteiger partial charge is 0.478 e. The Kier molecular flexibility index (Phi) is 4.35. The second-order valence-corrected chi connectivity index (χ2v) is 3.81. The fraction of sp³-hybridized carbons (Fsp3) is 0.300. The van der Waals surface area contributed by atoms with Crippen LogP contribution in [0.4, 0.5) is 0 Å². The standard InChI is InChI=1S/C10H12O3S/c1-2-13-7-9-4-3-8(14-9)5-6-10(11)12/h3-6H,2,7H2,1H3,(H,11,12). The molecule has 0 atom stereocenters. The third-order valence-electron chi connectivity index (χ3n) is 1.52. The van der Waals surface area contributed by atoms with Gasteiger partial charge in [-0.3, -0.25) is 0 Å². The quantitative estimate of drug-likeness (QED) is 0.762. The van der Waals surface area contributed by atoms with Crippen molar-refractivity contribution in [1.29, 1.82) is 0 Å². The van der Waals surface area contributed by atoms with Crippen molar-refractivity contribution in [2.24, 2.45) is 0 Å². The lowest BCUT2D eigenvalue weighted by Gasteiger charge is -1.95. The van der Waals surface area contributed by atoms with Gasteiger partial charge in [0.25, 0.3) is 0 Å². The molecule has 0 saturated heterocycles. The molecule has 1 heterocycles. The number of carbonyl (C=O) groups is 1. The number of carboxylic acid groups (broad SMARTS) is 1. The predicted molar refractivity (Wildman–Crippen MR) is 56.3 cm³/mol. The van der Waals surface area contributed by atoms with Crippen molar-refractivity contribution in [3.05, 3.63) is 28.0 Å². The number of aliphatic carboxylic acids is 1. The minimum atomic E-state index is -0.926. The van der Waals surface area contributed by atoms with Crippen LogP contribution in [-0.4, -0.2) is 17.7 Å². The smallest absolute Gasteiger partial charge is 0.328 e. The predicted octanol–water partition coefficient (Wildman–Crippen LogP) is 2.38. The SMILES string of the molecule is CCOCc1ccc(C=CC(=O)O)s1.